The Morgan fingerprint density at radius 1 is 1.08 bits per heavy atom. The first-order chi connectivity index (χ1) is 6.35. The molecule has 2 aromatic rings. The minimum absolute atomic E-state index is 0.0307. The number of aliphatic hydroxyl groups is 2. The number of nitrogens with one attached hydrogen (secondary N) is 1. The van der Waals surface area contributed by atoms with Crippen molar-refractivity contribution in [1.82, 2.24) is 4.98 Å². The fourth-order valence-corrected chi connectivity index (χ4v) is 1.49. The van der Waals surface area contributed by atoms with E-state index >= 15 is 0 Å². The molecule has 1 aromatic carbocycles. The highest BCUT2D eigenvalue weighted by atomic mass is 16.3. The van der Waals surface area contributed by atoms with Crippen LogP contribution in [0.15, 0.2) is 24.4 Å². The van der Waals surface area contributed by atoms with E-state index in [0.717, 1.165) is 22.0 Å². The highest BCUT2D eigenvalue weighted by molar-refractivity contribution is 5.81. The minimum Gasteiger partial charge on any atom is -0.392 e. The lowest BCUT2D eigenvalue weighted by atomic mass is 10.1. The Morgan fingerprint density at radius 3 is 2.46 bits per heavy atom. The van der Waals surface area contributed by atoms with Crippen LogP contribution in [0, 0.1) is 0 Å². The first kappa shape index (κ1) is 8.29. The molecule has 0 spiro atoms. The Labute approximate surface area is 75.6 Å². The van der Waals surface area contributed by atoms with E-state index in [1.54, 1.807) is 0 Å². The zero-order valence-corrected chi connectivity index (χ0v) is 7.12. The smallest absolute Gasteiger partial charge is 0.0686 e. The van der Waals surface area contributed by atoms with Gasteiger partial charge in [-0.3, -0.25) is 0 Å². The van der Waals surface area contributed by atoms with Crippen LogP contribution in [0.3, 0.4) is 0 Å². The van der Waals surface area contributed by atoms with Gasteiger partial charge < -0.3 is 15.2 Å². The second-order valence-corrected chi connectivity index (χ2v) is 3.00. The van der Waals surface area contributed by atoms with Crippen molar-refractivity contribution in [3.05, 3.63) is 35.5 Å². The lowest BCUT2D eigenvalue weighted by Crippen LogP contribution is -1.93. The molecule has 1 heterocycles. The Balaban J connectivity index is 2.67. The van der Waals surface area contributed by atoms with Crippen molar-refractivity contribution in [2.45, 2.75) is 13.2 Å². The number of hydrogen-bond donors (Lipinski definition) is 3. The maximum atomic E-state index is 9.03. The quantitative estimate of drug-likeness (QED) is 0.644. The Bertz CT molecular complexity index is 382. The average Bonchev–Trinajstić information content (AvgIpc) is 2.62. The lowest BCUT2D eigenvalue weighted by molar-refractivity contribution is 0.260. The second kappa shape index (κ2) is 3.20. The minimum atomic E-state index is -0.0369. The molecule has 2 rings (SSSR count). The summed E-state index contributed by atoms with van der Waals surface area (Å²) in [4.78, 5) is 3.05. The van der Waals surface area contributed by atoms with Crippen LogP contribution in [0.4, 0.5) is 0 Å². The molecule has 0 saturated carbocycles. The molecular weight excluding hydrogens is 166 g/mol. The molecule has 0 fully saturated rings. The van der Waals surface area contributed by atoms with Gasteiger partial charge in [-0.25, -0.2) is 0 Å². The molecule has 68 valence electrons. The molecule has 0 radical (unpaired) electrons. The van der Waals surface area contributed by atoms with E-state index in [2.05, 4.69) is 4.98 Å². The van der Waals surface area contributed by atoms with Gasteiger partial charge in [-0.15, -0.1) is 0 Å². The van der Waals surface area contributed by atoms with Crippen molar-refractivity contribution in [1.29, 1.82) is 0 Å². The fourth-order valence-electron chi connectivity index (χ4n) is 1.49. The number of fused-ring (bicyclic) bond motifs is 1. The average molecular weight is 177 g/mol. The molecule has 0 unspecified atom stereocenters. The van der Waals surface area contributed by atoms with E-state index in [1.807, 2.05) is 24.4 Å². The summed E-state index contributed by atoms with van der Waals surface area (Å²) in [6.45, 7) is -0.0676. The standard InChI is InChI=1S/C10H11NO2/c12-5-8-3-7-1-2-11-10(7)4-9(8)6-13/h1-4,11-13H,5-6H2. The number of aliphatic hydroxyl groups excluding tert-OH is 2. The van der Waals surface area contributed by atoms with Gasteiger partial charge in [0.25, 0.3) is 0 Å². The topological polar surface area (TPSA) is 56.2 Å². The van der Waals surface area contributed by atoms with Crippen LogP contribution in [-0.4, -0.2) is 15.2 Å². The maximum Gasteiger partial charge on any atom is 0.0686 e. The van der Waals surface area contributed by atoms with Crippen molar-refractivity contribution >= 4 is 10.9 Å². The first-order valence-corrected chi connectivity index (χ1v) is 4.15. The van der Waals surface area contributed by atoms with Crippen molar-refractivity contribution in [3.63, 3.8) is 0 Å². The summed E-state index contributed by atoms with van der Waals surface area (Å²) < 4.78 is 0. The van der Waals surface area contributed by atoms with Gasteiger partial charge in [0.05, 0.1) is 13.2 Å². The number of aromatic amines is 1. The predicted octanol–water partition coefficient (Wildman–Crippen LogP) is 1.15. The third kappa shape index (κ3) is 1.32. The summed E-state index contributed by atoms with van der Waals surface area (Å²) in [5.41, 5.74) is 2.55. The molecule has 0 aliphatic rings. The summed E-state index contributed by atoms with van der Waals surface area (Å²) in [6.07, 6.45) is 1.84. The third-order valence-corrected chi connectivity index (χ3v) is 2.21. The molecular formula is C10H11NO2. The summed E-state index contributed by atoms with van der Waals surface area (Å²) >= 11 is 0. The van der Waals surface area contributed by atoms with Crippen LogP contribution >= 0.6 is 0 Å². The highest BCUT2D eigenvalue weighted by Gasteiger charge is 2.03. The van der Waals surface area contributed by atoms with Crippen LogP contribution in [0.1, 0.15) is 11.1 Å². The molecule has 3 heteroatoms. The summed E-state index contributed by atoms with van der Waals surface area (Å²) in [5.74, 6) is 0. The molecule has 0 bridgehead atoms. The zero-order valence-electron chi connectivity index (χ0n) is 7.12. The van der Waals surface area contributed by atoms with E-state index in [1.165, 1.54) is 0 Å². The summed E-state index contributed by atoms with van der Waals surface area (Å²) in [6, 6.07) is 5.69. The monoisotopic (exact) mass is 177 g/mol. The van der Waals surface area contributed by atoms with Crippen LogP contribution in [-0.2, 0) is 13.2 Å². The third-order valence-electron chi connectivity index (χ3n) is 2.21. The van der Waals surface area contributed by atoms with E-state index < -0.39 is 0 Å². The van der Waals surface area contributed by atoms with Gasteiger partial charge >= 0.3 is 0 Å². The van der Waals surface area contributed by atoms with Gasteiger partial charge in [-0.1, -0.05) is 0 Å². The molecule has 0 aliphatic heterocycles. The molecule has 0 atom stereocenters. The molecule has 3 nitrogen and oxygen atoms in total. The van der Waals surface area contributed by atoms with Gasteiger partial charge in [-0.05, 0) is 34.7 Å². The van der Waals surface area contributed by atoms with Crippen molar-refractivity contribution < 1.29 is 10.2 Å². The normalized spacial score (nSPS) is 10.9. The fraction of sp³-hybridized carbons (Fsp3) is 0.200. The van der Waals surface area contributed by atoms with Gasteiger partial charge in [0, 0.05) is 11.7 Å². The van der Waals surface area contributed by atoms with Crippen molar-refractivity contribution in [2.24, 2.45) is 0 Å². The number of aromatic nitrogens is 1. The predicted molar refractivity (Wildman–Crippen MR) is 50.1 cm³/mol. The molecule has 13 heavy (non-hydrogen) atoms. The number of rotatable bonds is 2. The SMILES string of the molecule is OCc1cc2cc[nH]c2cc1CO. The Kier molecular flexibility index (Phi) is 2.04. The molecule has 0 saturated heterocycles. The van der Waals surface area contributed by atoms with Gasteiger partial charge in [0.15, 0.2) is 0 Å². The van der Waals surface area contributed by atoms with E-state index in [9.17, 15) is 0 Å². The van der Waals surface area contributed by atoms with Crippen LogP contribution < -0.4 is 0 Å². The number of benzene rings is 1. The molecule has 1 aromatic heterocycles. The van der Waals surface area contributed by atoms with Gasteiger partial charge in [0.1, 0.15) is 0 Å². The van der Waals surface area contributed by atoms with Crippen LogP contribution in [0.5, 0.6) is 0 Å². The largest absolute Gasteiger partial charge is 0.392 e. The van der Waals surface area contributed by atoms with E-state index in [4.69, 9.17) is 10.2 Å². The second-order valence-electron chi connectivity index (χ2n) is 3.00. The number of hydrogen-bond acceptors (Lipinski definition) is 2. The Morgan fingerprint density at radius 2 is 1.77 bits per heavy atom. The summed E-state index contributed by atoms with van der Waals surface area (Å²) in [5, 5.41) is 19.1. The zero-order chi connectivity index (χ0) is 9.26. The molecule has 3 N–H and O–H groups in total. The van der Waals surface area contributed by atoms with E-state index in [-0.39, 0.29) is 13.2 Å². The maximum absolute atomic E-state index is 9.03. The van der Waals surface area contributed by atoms with E-state index in [0.29, 0.717) is 0 Å². The Hall–Kier alpha value is -1.32. The number of H-pyrrole nitrogens is 1. The van der Waals surface area contributed by atoms with Crippen molar-refractivity contribution in [3.8, 4) is 0 Å². The van der Waals surface area contributed by atoms with Crippen LogP contribution in [0.2, 0.25) is 0 Å². The van der Waals surface area contributed by atoms with Crippen molar-refractivity contribution in [2.75, 3.05) is 0 Å². The van der Waals surface area contributed by atoms with Gasteiger partial charge in [0.2, 0.25) is 0 Å². The lowest BCUT2D eigenvalue weighted by Gasteiger charge is -2.04. The first-order valence-electron chi connectivity index (χ1n) is 4.15. The molecule has 0 amide bonds. The highest BCUT2D eigenvalue weighted by Crippen LogP contribution is 2.19. The summed E-state index contributed by atoms with van der Waals surface area (Å²) in [7, 11) is 0. The van der Waals surface area contributed by atoms with Gasteiger partial charge in [-0.2, -0.15) is 0 Å². The molecule has 0 aliphatic carbocycles. The van der Waals surface area contributed by atoms with Crippen LogP contribution in [0.25, 0.3) is 10.9 Å².